The lowest BCUT2D eigenvalue weighted by Crippen LogP contribution is -2.54. The number of phenolic OH excluding ortho intramolecular Hbond substituents is 1. The van der Waals surface area contributed by atoms with Gasteiger partial charge in [-0.2, -0.15) is 0 Å². The predicted octanol–water partition coefficient (Wildman–Crippen LogP) is 3.13. The number of nitrogens with zero attached hydrogens (tertiary/aromatic N) is 1. The van der Waals surface area contributed by atoms with Crippen molar-refractivity contribution in [2.45, 2.75) is 6.92 Å². The van der Waals surface area contributed by atoms with Crippen LogP contribution < -0.4 is 10.2 Å². The summed E-state index contributed by atoms with van der Waals surface area (Å²) >= 11 is 3.36. The van der Waals surface area contributed by atoms with Crippen LogP contribution in [0.1, 0.15) is 11.1 Å². The number of phenols is 1. The summed E-state index contributed by atoms with van der Waals surface area (Å²) < 4.78 is 0.840. The average molecular weight is 401 g/mol. The smallest absolute Gasteiger partial charge is 0.335 e. The first kappa shape index (κ1) is 16.9. The largest absolute Gasteiger partial charge is 0.508 e. The molecule has 0 spiro atoms. The molecular formula is C18H13BrN2O4. The van der Waals surface area contributed by atoms with E-state index in [1.54, 1.807) is 30.3 Å². The summed E-state index contributed by atoms with van der Waals surface area (Å²) in [6.45, 7) is 1.83. The van der Waals surface area contributed by atoms with Crippen molar-refractivity contribution in [1.82, 2.24) is 5.32 Å². The Kier molecular flexibility index (Phi) is 4.41. The predicted molar refractivity (Wildman–Crippen MR) is 96.0 cm³/mol. The molecule has 6 nitrogen and oxygen atoms in total. The number of carbonyl (C=O) groups excluding carboxylic acids is 3. The Morgan fingerprint density at radius 1 is 1.12 bits per heavy atom. The zero-order valence-corrected chi connectivity index (χ0v) is 14.7. The fourth-order valence-electron chi connectivity index (χ4n) is 2.44. The van der Waals surface area contributed by atoms with Crippen molar-refractivity contribution in [2.24, 2.45) is 0 Å². The highest BCUT2D eigenvalue weighted by Crippen LogP contribution is 2.26. The Morgan fingerprint density at radius 2 is 1.88 bits per heavy atom. The quantitative estimate of drug-likeness (QED) is 0.598. The summed E-state index contributed by atoms with van der Waals surface area (Å²) in [6.07, 6.45) is 1.34. The minimum Gasteiger partial charge on any atom is -0.508 e. The third-order valence-electron chi connectivity index (χ3n) is 3.68. The highest BCUT2D eigenvalue weighted by Gasteiger charge is 2.36. The molecule has 2 N–H and O–H groups in total. The minimum atomic E-state index is -0.801. The van der Waals surface area contributed by atoms with E-state index in [2.05, 4.69) is 21.2 Å². The van der Waals surface area contributed by atoms with Crippen LogP contribution >= 0.6 is 15.9 Å². The number of hydrogen-bond donors (Lipinski definition) is 2. The van der Waals surface area contributed by atoms with Crippen molar-refractivity contribution in [3.8, 4) is 5.75 Å². The lowest BCUT2D eigenvalue weighted by Gasteiger charge is -2.26. The number of benzene rings is 2. The van der Waals surface area contributed by atoms with Gasteiger partial charge in [0.05, 0.1) is 5.69 Å². The van der Waals surface area contributed by atoms with E-state index in [0.29, 0.717) is 11.3 Å². The summed E-state index contributed by atoms with van der Waals surface area (Å²) in [7, 11) is 0. The van der Waals surface area contributed by atoms with Crippen LogP contribution in [0.25, 0.3) is 6.08 Å². The van der Waals surface area contributed by atoms with Crippen LogP contribution in [0.2, 0.25) is 0 Å². The summed E-state index contributed by atoms with van der Waals surface area (Å²) in [5, 5.41) is 11.7. The number of aromatic hydroxyl groups is 1. The van der Waals surface area contributed by atoms with Crippen LogP contribution in [0.4, 0.5) is 10.5 Å². The first-order chi connectivity index (χ1) is 11.9. The molecule has 0 radical (unpaired) electrons. The molecule has 1 aliphatic rings. The van der Waals surface area contributed by atoms with Gasteiger partial charge in [0.25, 0.3) is 11.8 Å². The van der Waals surface area contributed by atoms with Crippen molar-refractivity contribution in [1.29, 1.82) is 0 Å². The SMILES string of the molecule is Cc1cc(N2C(=O)NC(=O)/C(=C\c3cccc(O)c3)C2=O)ccc1Br. The van der Waals surface area contributed by atoms with Gasteiger partial charge >= 0.3 is 6.03 Å². The fourth-order valence-corrected chi connectivity index (χ4v) is 2.69. The zero-order valence-electron chi connectivity index (χ0n) is 13.1. The van der Waals surface area contributed by atoms with Gasteiger partial charge in [-0.05, 0) is 54.5 Å². The van der Waals surface area contributed by atoms with Crippen molar-refractivity contribution in [2.75, 3.05) is 4.90 Å². The highest BCUT2D eigenvalue weighted by molar-refractivity contribution is 9.10. The van der Waals surface area contributed by atoms with Gasteiger partial charge in [-0.25, -0.2) is 9.69 Å². The highest BCUT2D eigenvalue weighted by atomic mass is 79.9. The number of halogens is 1. The van der Waals surface area contributed by atoms with E-state index in [1.807, 2.05) is 6.92 Å². The molecule has 1 heterocycles. The van der Waals surface area contributed by atoms with Crippen LogP contribution in [-0.4, -0.2) is 23.0 Å². The maximum Gasteiger partial charge on any atom is 0.335 e. The van der Waals surface area contributed by atoms with E-state index < -0.39 is 17.8 Å². The molecule has 0 saturated carbocycles. The third kappa shape index (κ3) is 3.32. The van der Waals surface area contributed by atoms with Gasteiger partial charge in [0.1, 0.15) is 11.3 Å². The molecule has 4 amide bonds. The lowest BCUT2D eigenvalue weighted by atomic mass is 10.1. The number of barbiturate groups is 1. The molecule has 2 aromatic rings. The first-order valence-corrected chi connectivity index (χ1v) is 8.13. The summed E-state index contributed by atoms with van der Waals surface area (Å²) in [5.74, 6) is -1.49. The Balaban J connectivity index is 2.03. The molecule has 1 aliphatic heterocycles. The molecule has 0 aromatic heterocycles. The number of aryl methyl sites for hydroxylation is 1. The summed E-state index contributed by atoms with van der Waals surface area (Å²) in [5.41, 5.74) is 1.48. The maximum atomic E-state index is 12.7. The maximum absolute atomic E-state index is 12.7. The van der Waals surface area contributed by atoms with Crippen molar-refractivity contribution >= 4 is 45.5 Å². The van der Waals surface area contributed by atoms with Gasteiger partial charge in [-0.15, -0.1) is 0 Å². The average Bonchev–Trinajstić information content (AvgIpc) is 2.55. The van der Waals surface area contributed by atoms with E-state index in [4.69, 9.17) is 0 Å². The van der Waals surface area contributed by atoms with Crippen molar-refractivity contribution in [3.05, 3.63) is 63.6 Å². The molecule has 0 unspecified atom stereocenters. The second-order valence-corrected chi connectivity index (χ2v) is 6.34. The number of amides is 4. The number of imide groups is 2. The lowest BCUT2D eigenvalue weighted by molar-refractivity contribution is -0.122. The fraction of sp³-hybridized carbons (Fsp3) is 0.0556. The summed E-state index contributed by atoms with van der Waals surface area (Å²) in [6, 6.07) is 10.3. The van der Waals surface area contributed by atoms with Gasteiger partial charge in [-0.3, -0.25) is 14.9 Å². The Hall–Kier alpha value is -2.93. The Labute approximate surface area is 151 Å². The minimum absolute atomic E-state index is 0.00878. The Bertz CT molecular complexity index is 936. The monoisotopic (exact) mass is 400 g/mol. The van der Waals surface area contributed by atoms with Crippen molar-refractivity contribution in [3.63, 3.8) is 0 Å². The normalized spacial score (nSPS) is 16.3. The Morgan fingerprint density at radius 3 is 2.56 bits per heavy atom. The molecule has 25 heavy (non-hydrogen) atoms. The van der Waals surface area contributed by atoms with Gasteiger partial charge in [0, 0.05) is 4.47 Å². The zero-order chi connectivity index (χ0) is 18.1. The third-order valence-corrected chi connectivity index (χ3v) is 4.57. The van der Waals surface area contributed by atoms with Gasteiger partial charge in [0.15, 0.2) is 0 Å². The van der Waals surface area contributed by atoms with Gasteiger partial charge in [0.2, 0.25) is 0 Å². The van der Waals surface area contributed by atoms with E-state index >= 15 is 0 Å². The van der Waals surface area contributed by atoms with Crippen LogP contribution in [-0.2, 0) is 9.59 Å². The molecule has 0 bridgehead atoms. The van der Waals surface area contributed by atoms with Crippen LogP contribution in [0.5, 0.6) is 5.75 Å². The van der Waals surface area contributed by atoms with Crippen LogP contribution in [0.3, 0.4) is 0 Å². The molecule has 0 atom stereocenters. The number of urea groups is 1. The van der Waals surface area contributed by atoms with Crippen LogP contribution in [0, 0.1) is 6.92 Å². The first-order valence-electron chi connectivity index (χ1n) is 7.33. The molecule has 2 aromatic carbocycles. The van der Waals surface area contributed by atoms with Crippen molar-refractivity contribution < 1.29 is 19.5 Å². The van der Waals surface area contributed by atoms with E-state index in [9.17, 15) is 19.5 Å². The van der Waals surface area contributed by atoms with Gasteiger partial charge < -0.3 is 5.11 Å². The summed E-state index contributed by atoms with van der Waals surface area (Å²) in [4.78, 5) is 37.9. The molecular weight excluding hydrogens is 388 g/mol. The molecule has 3 rings (SSSR count). The molecule has 1 fully saturated rings. The molecule has 7 heteroatoms. The van der Waals surface area contributed by atoms with Crippen LogP contribution in [0.15, 0.2) is 52.5 Å². The van der Waals surface area contributed by atoms with E-state index in [1.165, 1.54) is 18.2 Å². The van der Waals surface area contributed by atoms with Gasteiger partial charge in [-0.1, -0.05) is 28.1 Å². The topological polar surface area (TPSA) is 86.7 Å². The van der Waals surface area contributed by atoms with E-state index in [0.717, 1.165) is 14.9 Å². The number of rotatable bonds is 2. The number of anilines is 1. The second kappa shape index (κ2) is 6.52. The molecule has 0 aliphatic carbocycles. The number of carbonyl (C=O) groups is 3. The molecule has 126 valence electrons. The van der Waals surface area contributed by atoms with E-state index in [-0.39, 0.29) is 11.3 Å². The number of hydrogen-bond acceptors (Lipinski definition) is 4. The standard InChI is InChI=1S/C18H13BrN2O4/c1-10-7-12(5-6-15(10)19)21-17(24)14(16(23)20-18(21)25)9-11-3-2-4-13(22)8-11/h2-9,22H,1H3,(H,20,23,25)/b14-9+. The second-order valence-electron chi connectivity index (χ2n) is 5.49. The number of nitrogens with one attached hydrogen (secondary N) is 1. The molecule has 1 saturated heterocycles.